The van der Waals surface area contributed by atoms with Gasteiger partial charge >= 0.3 is 0 Å². The number of rotatable bonds is 5. The van der Waals surface area contributed by atoms with Gasteiger partial charge in [0.05, 0.1) is 0 Å². The van der Waals surface area contributed by atoms with Gasteiger partial charge in [-0.1, -0.05) is 43.9 Å². The highest BCUT2D eigenvalue weighted by Crippen LogP contribution is 2.36. The Labute approximate surface area is 124 Å². The molecule has 1 saturated carbocycles. The van der Waals surface area contributed by atoms with Crippen molar-refractivity contribution in [3.8, 4) is 0 Å². The molecule has 0 amide bonds. The second kappa shape index (κ2) is 7.12. The fraction of sp³-hybridized carbons (Fsp3) is 0.667. The maximum atomic E-state index is 3.45. The SMILES string of the molecule is CNCC1(CN(C)c2ccccc2C)CCCCCC1. The number of aryl methyl sites for hydroxylation is 1. The van der Waals surface area contributed by atoms with Gasteiger partial charge in [0.1, 0.15) is 0 Å². The first-order valence-electron chi connectivity index (χ1n) is 8.08. The first kappa shape index (κ1) is 15.4. The third-order valence-corrected chi connectivity index (χ3v) is 4.82. The lowest BCUT2D eigenvalue weighted by Crippen LogP contribution is -2.42. The number of benzene rings is 1. The molecule has 1 fully saturated rings. The minimum atomic E-state index is 0.447. The van der Waals surface area contributed by atoms with Crippen molar-refractivity contribution >= 4 is 5.69 Å². The molecule has 20 heavy (non-hydrogen) atoms. The van der Waals surface area contributed by atoms with E-state index in [9.17, 15) is 0 Å². The standard InChI is InChI=1S/C18H30N2/c1-16-10-6-7-11-17(16)20(3)15-18(14-19-2)12-8-4-5-9-13-18/h6-7,10-11,19H,4-5,8-9,12-15H2,1-3H3. The summed E-state index contributed by atoms with van der Waals surface area (Å²) in [6.45, 7) is 4.52. The van der Waals surface area contributed by atoms with Gasteiger partial charge in [-0.15, -0.1) is 0 Å². The summed E-state index contributed by atoms with van der Waals surface area (Å²) in [5.74, 6) is 0. The number of nitrogens with zero attached hydrogens (tertiary/aromatic N) is 1. The highest BCUT2D eigenvalue weighted by molar-refractivity contribution is 5.52. The minimum absolute atomic E-state index is 0.447. The van der Waals surface area contributed by atoms with Crippen molar-refractivity contribution in [3.63, 3.8) is 0 Å². The number of nitrogens with one attached hydrogen (secondary N) is 1. The van der Waals surface area contributed by atoms with Gasteiger partial charge in [0.2, 0.25) is 0 Å². The zero-order valence-corrected chi connectivity index (χ0v) is 13.4. The zero-order valence-electron chi connectivity index (χ0n) is 13.4. The molecule has 2 rings (SSSR count). The fourth-order valence-corrected chi connectivity index (χ4v) is 3.82. The molecule has 1 aliphatic rings. The summed E-state index contributed by atoms with van der Waals surface area (Å²) in [4.78, 5) is 2.47. The Morgan fingerprint density at radius 2 is 1.75 bits per heavy atom. The van der Waals surface area contributed by atoms with Gasteiger partial charge in [-0.25, -0.2) is 0 Å². The minimum Gasteiger partial charge on any atom is -0.374 e. The van der Waals surface area contributed by atoms with Crippen LogP contribution in [-0.4, -0.2) is 27.2 Å². The molecule has 0 unspecified atom stereocenters. The molecule has 112 valence electrons. The predicted octanol–water partition coefficient (Wildman–Crippen LogP) is 3.99. The van der Waals surface area contributed by atoms with Gasteiger partial charge in [0, 0.05) is 31.2 Å². The van der Waals surface area contributed by atoms with Gasteiger partial charge in [0.15, 0.2) is 0 Å². The monoisotopic (exact) mass is 274 g/mol. The van der Waals surface area contributed by atoms with Crippen LogP contribution in [0.5, 0.6) is 0 Å². The van der Waals surface area contributed by atoms with Crippen molar-refractivity contribution < 1.29 is 0 Å². The van der Waals surface area contributed by atoms with Crippen molar-refractivity contribution in [1.29, 1.82) is 0 Å². The van der Waals surface area contributed by atoms with Crippen LogP contribution in [0.1, 0.15) is 44.1 Å². The molecule has 0 bridgehead atoms. The molecule has 0 aliphatic heterocycles. The highest BCUT2D eigenvalue weighted by atomic mass is 15.1. The Kier molecular flexibility index (Phi) is 5.47. The fourth-order valence-electron chi connectivity index (χ4n) is 3.82. The molecule has 2 heteroatoms. The van der Waals surface area contributed by atoms with Crippen molar-refractivity contribution in [1.82, 2.24) is 5.32 Å². The third-order valence-electron chi connectivity index (χ3n) is 4.82. The molecule has 1 aromatic carbocycles. The van der Waals surface area contributed by atoms with Crippen LogP contribution in [0.4, 0.5) is 5.69 Å². The Morgan fingerprint density at radius 3 is 2.35 bits per heavy atom. The summed E-state index contributed by atoms with van der Waals surface area (Å²) in [5, 5.41) is 3.45. The van der Waals surface area contributed by atoms with Crippen LogP contribution in [0, 0.1) is 12.3 Å². The average molecular weight is 274 g/mol. The normalized spacial score (nSPS) is 18.6. The quantitative estimate of drug-likeness (QED) is 0.817. The molecule has 1 aliphatic carbocycles. The first-order valence-corrected chi connectivity index (χ1v) is 8.08. The molecule has 0 spiro atoms. The lowest BCUT2D eigenvalue weighted by Gasteiger charge is -2.38. The van der Waals surface area contributed by atoms with E-state index in [2.05, 4.69) is 55.5 Å². The van der Waals surface area contributed by atoms with Crippen LogP contribution in [0.3, 0.4) is 0 Å². The molecule has 1 N–H and O–H groups in total. The largest absolute Gasteiger partial charge is 0.374 e. The lowest BCUT2D eigenvalue weighted by molar-refractivity contribution is 0.245. The summed E-state index contributed by atoms with van der Waals surface area (Å²) in [6.07, 6.45) is 8.35. The second-order valence-electron chi connectivity index (χ2n) is 6.59. The van der Waals surface area contributed by atoms with Crippen LogP contribution < -0.4 is 10.2 Å². The molecule has 0 radical (unpaired) electrons. The maximum absolute atomic E-state index is 3.45. The molecule has 0 heterocycles. The molecule has 0 atom stereocenters. The van der Waals surface area contributed by atoms with E-state index in [1.165, 1.54) is 56.3 Å². The molecule has 0 aromatic heterocycles. The van der Waals surface area contributed by atoms with E-state index in [-0.39, 0.29) is 0 Å². The van der Waals surface area contributed by atoms with E-state index in [0.29, 0.717) is 5.41 Å². The van der Waals surface area contributed by atoms with Crippen molar-refractivity contribution in [3.05, 3.63) is 29.8 Å². The van der Waals surface area contributed by atoms with E-state index < -0.39 is 0 Å². The van der Waals surface area contributed by atoms with Crippen molar-refractivity contribution in [2.24, 2.45) is 5.41 Å². The van der Waals surface area contributed by atoms with Gasteiger partial charge in [0.25, 0.3) is 0 Å². The van der Waals surface area contributed by atoms with E-state index >= 15 is 0 Å². The van der Waals surface area contributed by atoms with E-state index in [1.807, 2.05) is 0 Å². The number of anilines is 1. The summed E-state index contributed by atoms with van der Waals surface area (Å²) in [7, 11) is 4.35. The number of hydrogen-bond acceptors (Lipinski definition) is 2. The molecular formula is C18H30N2. The molecule has 1 aromatic rings. The Bertz CT molecular complexity index is 406. The highest BCUT2D eigenvalue weighted by Gasteiger charge is 2.31. The molecule has 2 nitrogen and oxygen atoms in total. The van der Waals surface area contributed by atoms with E-state index in [1.54, 1.807) is 0 Å². The van der Waals surface area contributed by atoms with Crippen LogP contribution in [0.25, 0.3) is 0 Å². The molecule has 0 saturated heterocycles. The molecular weight excluding hydrogens is 244 g/mol. The summed E-state index contributed by atoms with van der Waals surface area (Å²) >= 11 is 0. The van der Waals surface area contributed by atoms with Gasteiger partial charge in [-0.3, -0.25) is 0 Å². The van der Waals surface area contributed by atoms with Crippen LogP contribution in [0.15, 0.2) is 24.3 Å². The zero-order chi connectivity index (χ0) is 14.4. The lowest BCUT2D eigenvalue weighted by atomic mass is 9.79. The van der Waals surface area contributed by atoms with Crippen molar-refractivity contribution in [2.75, 3.05) is 32.1 Å². The topological polar surface area (TPSA) is 15.3 Å². The second-order valence-corrected chi connectivity index (χ2v) is 6.59. The van der Waals surface area contributed by atoms with Gasteiger partial charge in [-0.2, -0.15) is 0 Å². The Morgan fingerprint density at radius 1 is 1.10 bits per heavy atom. The summed E-state index contributed by atoms with van der Waals surface area (Å²) in [5.41, 5.74) is 3.21. The number of hydrogen-bond donors (Lipinski definition) is 1. The summed E-state index contributed by atoms with van der Waals surface area (Å²) in [6, 6.07) is 8.74. The van der Waals surface area contributed by atoms with E-state index in [4.69, 9.17) is 0 Å². The smallest absolute Gasteiger partial charge is 0.0393 e. The van der Waals surface area contributed by atoms with Crippen molar-refractivity contribution in [2.45, 2.75) is 45.4 Å². The Hall–Kier alpha value is -1.02. The van der Waals surface area contributed by atoms with Crippen LogP contribution in [0.2, 0.25) is 0 Å². The number of para-hydroxylation sites is 1. The summed E-state index contributed by atoms with van der Waals surface area (Å²) < 4.78 is 0. The maximum Gasteiger partial charge on any atom is 0.0393 e. The van der Waals surface area contributed by atoms with Crippen LogP contribution >= 0.6 is 0 Å². The predicted molar refractivity (Wildman–Crippen MR) is 88.5 cm³/mol. The third kappa shape index (κ3) is 3.76. The average Bonchev–Trinajstić information content (AvgIpc) is 2.65. The van der Waals surface area contributed by atoms with Crippen LogP contribution in [-0.2, 0) is 0 Å². The Balaban J connectivity index is 2.12. The first-order chi connectivity index (χ1) is 9.67. The van der Waals surface area contributed by atoms with Gasteiger partial charge < -0.3 is 10.2 Å². The van der Waals surface area contributed by atoms with Gasteiger partial charge in [-0.05, 0) is 38.4 Å². The van der Waals surface area contributed by atoms with E-state index in [0.717, 1.165) is 6.54 Å².